The number of aryl methyl sites for hydroxylation is 1. The van der Waals surface area contributed by atoms with Crippen LogP contribution in [0.1, 0.15) is 31.6 Å². The number of aromatic nitrogens is 3. The van der Waals surface area contributed by atoms with E-state index in [0.29, 0.717) is 19.2 Å². The fourth-order valence-corrected chi connectivity index (χ4v) is 1.89. The van der Waals surface area contributed by atoms with E-state index in [2.05, 4.69) is 22.4 Å². The standard InChI is InChI=1S/C11H23N5O/c1-9(11-15-13-8-16(11)2)14-10(7-17-3)5-4-6-12/h8-10,14H,4-7,12H2,1-3H3. The van der Waals surface area contributed by atoms with Crippen molar-refractivity contribution in [2.75, 3.05) is 20.3 Å². The molecule has 0 saturated carbocycles. The average molecular weight is 241 g/mol. The molecule has 2 atom stereocenters. The summed E-state index contributed by atoms with van der Waals surface area (Å²) in [6, 6.07) is 0.454. The van der Waals surface area contributed by atoms with Crippen LogP contribution in [0.5, 0.6) is 0 Å². The van der Waals surface area contributed by atoms with Crippen molar-refractivity contribution in [3.63, 3.8) is 0 Å². The van der Waals surface area contributed by atoms with Crippen molar-refractivity contribution < 1.29 is 4.74 Å². The number of nitrogens with one attached hydrogen (secondary N) is 1. The van der Waals surface area contributed by atoms with E-state index in [0.717, 1.165) is 18.7 Å². The highest BCUT2D eigenvalue weighted by molar-refractivity contribution is 4.93. The SMILES string of the molecule is COCC(CCCN)NC(C)c1nncn1C. The second-order valence-corrected chi connectivity index (χ2v) is 4.27. The zero-order valence-electron chi connectivity index (χ0n) is 10.9. The van der Waals surface area contributed by atoms with Crippen LogP contribution in [0.15, 0.2) is 6.33 Å². The van der Waals surface area contributed by atoms with E-state index < -0.39 is 0 Å². The van der Waals surface area contributed by atoms with Gasteiger partial charge in [0.1, 0.15) is 12.2 Å². The molecule has 1 rings (SSSR count). The van der Waals surface area contributed by atoms with Crippen molar-refractivity contribution in [2.24, 2.45) is 12.8 Å². The van der Waals surface area contributed by atoms with Gasteiger partial charge in [0.25, 0.3) is 0 Å². The Hall–Kier alpha value is -0.980. The van der Waals surface area contributed by atoms with Gasteiger partial charge < -0.3 is 20.4 Å². The lowest BCUT2D eigenvalue weighted by molar-refractivity contribution is 0.155. The van der Waals surface area contributed by atoms with E-state index in [1.54, 1.807) is 13.4 Å². The van der Waals surface area contributed by atoms with Crippen LogP contribution >= 0.6 is 0 Å². The maximum absolute atomic E-state index is 5.53. The highest BCUT2D eigenvalue weighted by atomic mass is 16.5. The van der Waals surface area contributed by atoms with Crippen LogP contribution in [0.2, 0.25) is 0 Å². The summed E-state index contributed by atoms with van der Waals surface area (Å²) in [4.78, 5) is 0. The van der Waals surface area contributed by atoms with Gasteiger partial charge in [-0.3, -0.25) is 0 Å². The molecule has 0 aliphatic carbocycles. The van der Waals surface area contributed by atoms with Gasteiger partial charge in [-0.1, -0.05) is 0 Å². The van der Waals surface area contributed by atoms with Crippen molar-refractivity contribution in [1.29, 1.82) is 0 Å². The lowest BCUT2D eigenvalue weighted by atomic mass is 10.1. The van der Waals surface area contributed by atoms with E-state index >= 15 is 0 Å². The molecule has 1 aromatic rings. The van der Waals surface area contributed by atoms with Gasteiger partial charge in [-0.15, -0.1) is 10.2 Å². The van der Waals surface area contributed by atoms with Crippen LogP contribution in [0.3, 0.4) is 0 Å². The molecule has 0 amide bonds. The van der Waals surface area contributed by atoms with Crippen molar-refractivity contribution in [2.45, 2.75) is 31.8 Å². The predicted octanol–water partition coefficient (Wildman–Crippen LogP) is 0.220. The molecule has 0 fully saturated rings. The molecule has 17 heavy (non-hydrogen) atoms. The maximum atomic E-state index is 5.53. The quantitative estimate of drug-likeness (QED) is 0.680. The Labute approximate surface area is 103 Å². The number of ether oxygens (including phenoxy) is 1. The largest absolute Gasteiger partial charge is 0.383 e. The molecule has 0 spiro atoms. The van der Waals surface area contributed by atoms with Crippen molar-refractivity contribution in [3.05, 3.63) is 12.2 Å². The topological polar surface area (TPSA) is 78.0 Å². The Kier molecular flexibility index (Phi) is 6.10. The number of methoxy groups -OCH3 is 1. The van der Waals surface area contributed by atoms with E-state index in [1.807, 2.05) is 11.6 Å². The van der Waals surface area contributed by atoms with Crippen LogP contribution < -0.4 is 11.1 Å². The molecule has 1 heterocycles. The third-order valence-corrected chi connectivity index (χ3v) is 2.74. The molecule has 0 bridgehead atoms. The molecule has 0 aromatic carbocycles. The Morgan fingerprint density at radius 3 is 2.88 bits per heavy atom. The third-order valence-electron chi connectivity index (χ3n) is 2.74. The van der Waals surface area contributed by atoms with Crippen LogP contribution in [-0.4, -0.2) is 41.1 Å². The molecule has 0 saturated heterocycles. The highest BCUT2D eigenvalue weighted by Crippen LogP contribution is 2.10. The minimum absolute atomic E-state index is 0.153. The molecule has 3 N–H and O–H groups in total. The fourth-order valence-electron chi connectivity index (χ4n) is 1.89. The average Bonchev–Trinajstić information content (AvgIpc) is 2.72. The molecule has 1 aromatic heterocycles. The van der Waals surface area contributed by atoms with Crippen LogP contribution in [0.4, 0.5) is 0 Å². The Morgan fingerprint density at radius 2 is 2.35 bits per heavy atom. The van der Waals surface area contributed by atoms with Crippen molar-refractivity contribution in [3.8, 4) is 0 Å². The van der Waals surface area contributed by atoms with E-state index in [9.17, 15) is 0 Å². The summed E-state index contributed by atoms with van der Waals surface area (Å²) in [5, 5.41) is 11.5. The number of rotatable bonds is 8. The summed E-state index contributed by atoms with van der Waals surface area (Å²) in [7, 11) is 3.66. The van der Waals surface area contributed by atoms with Gasteiger partial charge in [0.05, 0.1) is 12.6 Å². The van der Waals surface area contributed by atoms with Gasteiger partial charge in [0, 0.05) is 20.2 Å². The minimum Gasteiger partial charge on any atom is -0.383 e. The first kappa shape index (κ1) is 14.1. The molecular formula is C11H23N5O. The van der Waals surface area contributed by atoms with E-state index in [1.165, 1.54) is 0 Å². The summed E-state index contributed by atoms with van der Waals surface area (Å²) in [6.07, 6.45) is 3.71. The summed E-state index contributed by atoms with van der Waals surface area (Å²) in [5.41, 5.74) is 5.53. The predicted molar refractivity (Wildman–Crippen MR) is 66.5 cm³/mol. The molecule has 0 radical (unpaired) electrons. The Balaban J connectivity index is 2.51. The molecular weight excluding hydrogens is 218 g/mol. The van der Waals surface area contributed by atoms with Gasteiger partial charge in [0.15, 0.2) is 0 Å². The first-order valence-electron chi connectivity index (χ1n) is 5.98. The summed E-state index contributed by atoms with van der Waals surface area (Å²) >= 11 is 0. The summed E-state index contributed by atoms with van der Waals surface area (Å²) < 4.78 is 7.12. The summed E-state index contributed by atoms with van der Waals surface area (Å²) in [6.45, 7) is 3.47. The Morgan fingerprint density at radius 1 is 1.59 bits per heavy atom. The highest BCUT2D eigenvalue weighted by Gasteiger charge is 2.16. The molecule has 6 heteroatoms. The van der Waals surface area contributed by atoms with Crippen LogP contribution in [0.25, 0.3) is 0 Å². The van der Waals surface area contributed by atoms with Gasteiger partial charge in [-0.25, -0.2) is 0 Å². The maximum Gasteiger partial charge on any atom is 0.149 e. The van der Waals surface area contributed by atoms with Crippen molar-refractivity contribution >= 4 is 0 Å². The van der Waals surface area contributed by atoms with Gasteiger partial charge in [0.2, 0.25) is 0 Å². The molecule has 98 valence electrons. The van der Waals surface area contributed by atoms with Gasteiger partial charge in [-0.05, 0) is 26.3 Å². The molecule has 0 aliphatic heterocycles. The monoisotopic (exact) mass is 241 g/mol. The van der Waals surface area contributed by atoms with Gasteiger partial charge in [-0.2, -0.15) is 0 Å². The van der Waals surface area contributed by atoms with Crippen molar-refractivity contribution in [1.82, 2.24) is 20.1 Å². The first-order valence-corrected chi connectivity index (χ1v) is 5.98. The number of nitrogens with zero attached hydrogens (tertiary/aromatic N) is 3. The fraction of sp³-hybridized carbons (Fsp3) is 0.818. The van der Waals surface area contributed by atoms with Crippen LogP contribution in [0, 0.1) is 0 Å². The molecule has 6 nitrogen and oxygen atoms in total. The zero-order chi connectivity index (χ0) is 12.7. The normalized spacial score (nSPS) is 14.8. The number of nitrogens with two attached hydrogens (primary N) is 1. The zero-order valence-corrected chi connectivity index (χ0v) is 10.9. The first-order chi connectivity index (χ1) is 8.19. The lowest BCUT2D eigenvalue weighted by Crippen LogP contribution is -2.36. The minimum atomic E-state index is 0.153. The van der Waals surface area contributed by atoms with Gasteiger partial charge >= 0.3 is 0 Å². The number of hydrogen-bond donors (Lipinski definition) is 2. The Bertz CT molecular complexity index is 315. The molecule has 2 unspecified atom stereocenters. The number of hydrogen-bond acceptors (Lipinski definition) is 5. The smallest absolute Gasteiger partial charge is 0.149 e. The third kappa shape index (κ3) is 4.41. The second kappa shape index (κ2) is 7.37. The second-order valence-electron chi connectivity index (χ2n) is 4.27. The van der Waals surface area contributed by atoms with Crippen LogP contribution in [-0.2, 0) is 11.8 Å². The summed E-state index contributed by atoms with van der Waals surface area (Å²) in [5.74, 6) is 0.929. The molecule has 0 aliphatic rings. The lowest BCUT2D eigenvalue weighted by Gasteiger charge is -2.22. The van der Waals surface area contributed by atoms with E-state index in [4.69, 9.17) is 10.5 Å². The van der Waals surface area contributed by atoms with E-state index in [-0.39, 0.29) is 6.04 Å².